The Hall–Kier alpha value is -0.760. The van der Waals surface area contributed by atoms with E-state index in [-0.39, 0.29) is 5.82 Å². The molecule has 0 bridgehead atoms. The molecule has 1 N–H and O–H groups in total. The largest absolute Gasteiger partial charge is 0.379 e. The Bertz CT molecular complexity index is 339. The maximum absolute atomic E-state index is 13.5. The van der Waals surface area contributed by atoms with Gasteiger partial charge in [-0.15, -0.1) is 0 Å². The van der Waals surface area contributed by atoms with E-state index in [0.29, 0.717) is 16.8 Å². The van der Waals surface area contributed by atoms with E-state index in [1.165, 1.54) is 18.9 Å². The Labute approximate surface area is 101 Å². The molecule has 1 aliphatic carbocycles. The summed E-state index contributed by atoms with van der Waals surface area (Å²) in [5, 5.41) is 3.70. The van der Waals surface area contributed by atoms with Crippen LogP contribution in [-0.4, -0.2) is 6.04 Å². The van der Waals surface area contributed by atoms with Gasteiger partial charge in [0.15, 0.2) is 0 Å². The maximum atomic E-state index is 13.5. The van der Waals surface area contributed by atoms with Gasteiger partial charge < -0.3 is 5.32 Å². The molecule has 0 aliphatic heterocycles. The molecule has 0 saturated heterocycles. The first-order valence-electron chi connectivity index (χ1n) is 5.87. The van der Waals surface area contributed by atoms with Crippen molar-refractivity contribution >= 4 is 17.3 Å². The third kappa shape index (κ3) is 2.67. The van der Waals surface area contributed by atoms with E-state index >= 15 is 0 Å². The number of nitrogens with one attached hydrogen (secondary N) is 1. The van der Waals surface area contributed by atoms with E-state index in [1.54, 1.807) is 12.1 Å². The molecule has 88 valence electrons. The molecule has 1 aromatic rings. The quantitative estimate of drug-likeness (QED) is 0.806. The zero-order chi connectivity index (χ0) is 11.5. The number of halogens is 2. The standard InChI is InChI=1S/C13H17ClFN/c1-9-5-7-10(8-6-9)16-13-11(14)3-2-4-12(13)15/h2-4,9-10,16H,5-8H2,1H3. The second-order valence-electron chi connectivity index (χ2n) is 4.70. The Morgan fingerprint density at radius 3 is 2.56 bits per heavy atom. The van der Waals surface area contributed by atoms with Gasteiger partial charge in [-0.05, 0) is 43.7 Å². The van der Waals surface area contributed by atoms with Crippen LogP contribution in [0.2, 0.25) is 5.02 Å². The highest BCUT2D eigenvalue weighted by molar-refractivity contribution is 6.33. The average Bonchev–Trinajstić information content (AvgIpc) is 2.26. The molecular weight excluding hydrogens is 225 g/mol. The lowest BCUT2D eigenvalue weighted by atomic mass is 9.87. The molecule has 1 aliphatic rings. The van der Waals surface area contributed by atoms with Crippen LogP contribution in [0.3, 0.4) is 0 Å². The van der Waals surface area contributed by atoms with E-state index in [2.05, 4.69) is 12.2 Å². The van der Waals surface area contributed by atoms with Gasteiger partial charge in [-0.3, -0.25) is 0 Å². The first kappa shape index (κ1) is 11.7. The normalized spacial score (nSPS) is 25.4. The van der Waals surface area contributed by atoms with Gasteiger partial charge in [-0.2, -0.15) is 0 Å². The summed E-state index contributed by atoms with van der Waals surface area (Å²) in [6.45, 7) is 2.27. The van der Waals surface area contributed by atoms with Gasteiger partial charge in [0.2, 0.25) is 0 Å². The third-order valence-corrected chi connectivity index (χ3v) is 3.64. The van der Waals surface area contributed by atoms with Crippen molar-refractivity contribution in [1.82, 2.24) is 0 Å². The Kier molecular flexibility index (Phi) is 3.70. The third-order valence-electron chi connectivity index (χ3n) is 3.33. The molecule has 1 aromatic carbocycles. The van der Waals surface area contributed by atoms with E-state index in [4.69, 9.17) is 11.6 Å². The lowest BCUT2D eigenvalue weighted by Gasteiger charge is -2.28. The smallest absolute Gasteiger partial charge is 0.147 e. The number of hydrogen-bond donors (Lipinski definition) is 1. The van der Waals surface area contributed by atoms with Gasteiger partial charge in [0.05, 0.1) is 10.7 Å². The van der Waals surface area contributed by atoms with Crippen LogP contribution in [-0.2, 0) is 0 Å². The van der Waals surface area contributed by atoms with Crippen LogP contribution >= 0.6 is 11.6 Å². The molecule has 3 heteroatoms. The molecule has 0 unspecified atom stereocenters. The summed E-state index contributed by atoms with van der Waals surface area (Å²) in [6.07, 6.45) is 4.63. The summed E-state index contributed by atoms with van der Waals surface area (Å²) in [7, 11) is 0. The SMILES string of the molecule is CC1CCC(Nc2c(F)cccc2Cl)CC1. The zero-order valence-electron chi connectivity index (χ0n) is 9.47. The van der Waals surface area contributed by atoms with E-state index in [1.807, 2.05) is 0 Å². The monoisotopic (exact) mass is 241 g/mol. The van der Waals surface area contributed by atoms with Crippen molar-refractivity contribution in [1.29, 1.82) is 0 Å². The minimum Gasteiger partial charge on any atom is -0.379 e. The molecular formula is C13H17ClFN. The number of benzene rings is 1. The minimum atomic E-state index is -0.258. The first-order chi connectivity index (χ1) is 7.66. The van der Waals surface area contributed by atoms with Crippen LogP contribution in [0.4, 0.5) is 10.1 Å². The lowest BCUT2D eigenvalue weighted by Crippen LogP contribution is -2.25. The molecule has 0 radical (unpaired) electrons. The Morgan fingerprint density at radius 2 is 1.94 bits per heavy atom. The van der Waals surface area contributed by atoms with E-state index < -0.39 is 0 Å². The van der Waals surface area contributed by atoms with Gasteiger partial charge in [0.25, 0.3) is 0 Å². The van der Waals surface area contributed by atoms with Crippen molar-refractivity contribution in [3.63, 3.8) is 0 Å². The molecule has 0 atom stereocenters. The fourth-order valence-electron chi connectivity index (χ4n) is 2.24. The number of hydrogen-bond acceptors (Lipinski definition) is 1. The van der Waals surface area contributed by atoms with Gasteiger partial charge >= 0.3 is 0 Å². The van der Waals surface area contributed by atoms with Crippen molar-refractivity contribution in [3.8, 4) is 0 Å². The van der Waals surface area contributed by atoms with Crippen molar-refractivity contribution in [2.45, 2.75) is 38.6 Å². The summed E-state index contributed by atoms with van der Waals surface area (Å²) in [6, 6.07) is 5.16. The molecule has 0 spiro atoms. The topological polar surface area (TPSA) is 12.0 Å². The molecule has 16 heavy (non-hydrogen) atoms. The zero-order valence-corrected chi connectivity index (χ0v) is 10.2. The number of anilines is 1. The molecule has 1 fully saturated rings. The van der Waals surface area contributed by atoms with Gasteiger partial charge in [0.1, 0.15) is 5.82 Å². The summed E-state index contributed by atoms with van der Waals surface area (Å²) in [4.78, 5) is 0. The minimum absolute atomic E-state index is 0.258. The van der Waals surface area contributed by atoms with Crippen molar-refractivity contribution in [2.75, 3.05) is 5.32 Å². The maximum Gasteiger partial charge on any atom is 0.147 e. The Morgan fingerprint density at radius 1 is 1.25 bits per heavy atom. The first-order valence-corrected chi connectivity index (χ1v) is 6.25. The number of para-hydroxylation sites is 1. The molecule has 2 rings (SSSR count). The van der Waals surface area contributed by atoms with Gasteiger partial charge in [-0.1, -0.05) is 24.6 Å². The molecule has 1 saturated carbocycles. The molecule has 0 aromatic heterocycles. The highest BCUT2D eigenvalue weighted by Crippen LogP contribution is 2.30. The summed E-state index contributed by atoms with van der Waals surface area (Å²) in [5.74, 6) is 0.542. The summed E-state index contributed by atoms with van der Waals surface area (Å²) >= 11 is 5.97. The van der Waals surface area contributed by atoms with Gasteiger partial charge in [-0.25, -0.2) is 4.39 Å². The Balaban J connectivity index is 2.04. The van der Waals surface area contributed by atoms with Crippen molar-refractivity contribution in [3.05, 3.63) is 29.0 Å². The van der Waals surface area contributed by atoms with Crippen LogP contribution in [0.5, 0.6) is 0 Å². The molecule has 1 nitrogen and oxygen atoms in total. The summed E-state index contributed by atoms with van der Waals surface area (Å²) < 4.78 is 13.5. The second-order valence-corrected chi connectivity index (χ2v) is 5.10. The van der Waals surface area contributed by atoms with E-state index in [0.717, 1.165) is 18.8 Å². The predicted molar refractivity (Wildman–Crippen MR) is 66.5 cm³/mol. The highest BCUT2D eigenvalue weighted by atomic mass is 35.5. The molecule has 0 amide bonds. The van der Waals surface area contributed by atoms with E-state index in [9.17, 15) is 4.39 Å². The van der Waals surface area contributed by atoms with Crippen molar-refractivity contribution < 1.29 is 4.39 Å². The fraction of sp³-hybridized carbons (Fsp3) is 0.538. The number of rotatable bonds is 2. The van der Waals surface area contributed by atoms with Crippen LogP contribution in [0.15, 0.2) is 18.2 Å². The van der Waals surface area contributed by atoms with Crippen LogP contribution in [0, 0.1) is 11.7 Å². The second kappa shape index (κ2) is 5.05. The van der Waals surface area contributed by atoms with Crippen LogP contribution < -0.4 is 5.32 Å². The predicted octanol–water partition coefficient (Wildman–Crippen LogP) is 4.47. The van der Waals surface area contributed by atoms with Gasteiger partial charge in [0, 0.05) is 6.04 Å². The average molecular weight is 242 g/mol. The van der Waals surface area contributed by atoms with Crippen molar-refractivity contribution in [2.24, 2.45) is 5.92 Å². The van der Waals surface area contributed by atoms with Crippen LogP contribution in [0.25, 0.3) is 0 Å². The molecule has 0 heterocycles. The highest BCUT2D eigenvalue weighted by Gasteiger charge is 2.19. The fourth-order valence-corrected chi connectivity index (χ4v) is 2.46. The van der Waals surface area contributed by atoms with Crippen LogP contribution in [0.1, 0.15) is 32.6 Å². The summed E-state index contributed by atoms with van der Waals surface area (Å²) in [5.41, 5.74) is 0.462. The lowest BCUT2D eigenvalue weighted by molar-refractivity contribution is 0.360.